The van der Waals surface area contributed by atoms with Gasteiger partial charge in [0, 0.05) is 26.2 Å². The van der Waals surface area contributed by atoms with E-state index in [0.29, 0.717) is 26.2 Å². The van der Waals surface area contributed by atoms with Gasteiger partial charge in [0.1, 0.15) is 0 Å². The molecule has 33 heavy (non-hydrogen) atoms. The second-order valence-electron chi connectivity index (χ2n) is 8.04. The Hall–Kier alpha value is -2.52. The second-order valence-corrected chi connectivity index (χ2v) is 12.3. The highest BCUT2D eigenvalue weighted by Gasteiger charge is 2.32. The molecule has 0 amide bonds. The Bertz CT molecular complexity index is 1230. The third kappa shape index (κ3) is 5.04. The first kappa shape index (κ1) is 23.6. The van der Waals surface area contributed by atoms with E-state index in [1.54, 1.807) is 6.92 Å². The number of hydrogen-bond acceptors (Lipinski definition) is 5. The van der Waals surface area contributed by atoms with Crippen molar-refractivity contribution in [2.24, 2.45) is 0 Å². The van der Waals surface area contributed by atoms with E-state index < -0.39 is 19.9 Å². The molecule has 0 spiro atoms. The monoisotopic (exact) mass is 484 g/mol. The molecule has 1 saturated heterocycles. The first-order chi connectivity index (χ1) is 15.8. The summed E-state index contributed by atoms with van der Waals surface area (Å²) in [5.74, 6) is -0.0228. The quantitative estimate of drug-likeness (QED) is 0.513. The Balaban J connectivity index is 1.52. The standard InChI is InChI=1S/C25H28N2O4S2/c1-2-32(28,29)23-13-15-24(16-14-23)33(30,31)27-19-17-26(18-20-27)25(21-9-5-3-6-10-21)22-11-7-4-8-12-22/h3-16,25H,2,17-20H2,1H3. The first-order valence-corrected chi connectivity index (χ1v) is 14.1. The maximum atomic E-state index is 13.2. The van der Waals surface area contributed by atoms with Crippen LogP contribution in [0.3, 0.4) is 0 Å². The van der Waals surface area contributed by atoms with Crippen molar-refractivity contribution in [1.82, 2.24) is 9.21 Å². The molecule has 0 atom stereocenters. The molecule has 0 radical (unpaired) electrons. The molecule has 6 nitrogen and oxygen atoms in total. The summed E-state index contributed by atoms with van der Waals surface area (Å²) in [6, 6.07) is 26.1. The van der Waals surface area contributed by atoms with Crippen LogP contribution in [0.15, 0.2) is 94.7 Å². The van der Waals surface area contributed by atoms with Crippen LogP contribution in [-0.4, -0.2) is 58.0 Å². The van der Waals surface area contributed by atoms with Crippen LogP contribution in [0.4, 0.5) is 0 Å². The summed E-state index contributed by atoms with van der Waals surface area (Å²) in [6.45, 7) is 3.49. The topological polar surface area (TPSA) is 74.8 Å². The van der Waals surface area contributed by atoms with Gasteiger partial charge in [-0.1, -0.05) is 67.6 Å². The van der Waals surface area contributed by atoms with Gasteiger partial charge in [0.15, 0.2) is 9.84 Å². The summed E-state index contributed by atoms with van der Waals surface area (Å²) in [7, 11) is -7.07. The van der Waals surface area contributed by atoms with Gasteiger partial charge in [-0.25, -0.2) is 16.8 Å². The van der Waals surface area contributed by atoms with E-state index in [0.717, 1.165) is 0 Å². The fourth-order valence-corrected chi connectivity index (χ4v) is 6.53. The highest BCUT2D eigenvalue weighted by atomic mass is 32.2. The van der Waals surface area contributed by atoms with Gasteiger partial charge in [-0.2, -0.15) is 4.31 Å². The highest BCUT2D eigenvalue weighted by Crippen LogP contribution is 2.30. The number of sulfonamides is 1. The van der Waals surface area contributed by atoms with Crippen LogP contribution in [0.25, 0.3) is 0 Å². The molecule has 0 saturated carbocycles. The number of nitrogens with zero attached hydrogens (tertiary/aromatic N) is 2. The molecule has 3 aromatic rings. The lowest BCUT2D eigenvalue weighted by molar-refractivity contribution is 0.156. The molecule has 0 aromatic heterocycles. The van der Waals surface area contributed by atoms with Crippen molar-refractivity contribution in [1.29, 1.82) is 0 Å². The van der Waals surface area contributed by atoms with Gasteiger partial charge in [-0.15, -0.1) is 0 Å². The first-order valence-electron chi connectivity index (χ1n) is 11.0. The minimum Gasteiger partial charge on any atom is -0.290 e. The van der Waals surface area contributed by atoms with E-state index >= 15 is 0 Å². The maximum Gasteiger partial charge on any atom is 0.243 e. The van der Waals surface area contributed by atoms with Gasteiger partial charge in [-0.3, -0.25) is 4.90 Å². The molecule has 1 heterocycles. The average Bonchev–Trinajstić information content (AvgIpc) is 2.86. The lowest BCUT2D eigenvalue weighted by Gasteiger charge is -2.39. The third-order valence-corrected chi connectivity index (χ3v) is 9.73. The molecule has 4 rings (SSSR count). The summed E-state index contributed by atoms with van der Waals surface area (Å²) in [5.41, 5.74) is 2.35. The van der Waals surface area contributed by atoms with Crippen LogP contribution in [0.1, 0.15) is 24.1 Å². The molecule has 1 fully saturated rings. The van der Waals surface area contributed by atoms with Crippen LogP contribution in [0.2, 0.25) is 0 Å². The number of rotatable bonds is 7. The molecule has 0 aliphatic carbocycles. The Labute approximate surface area is 196 Å². The maximum absolute atomic E-state index is 13.2. The van der Waals surface area contributed by atoms with Crippen molar-refractivity contribution in [3.63, 3.8) is 0 Å². The minimum atomic E-state index is -3.70. The van der Waals surface area contributed by atoms with Crippen molar-refractivity contribution in [3.8, 4) is 0 Å². The van der Waals surface area contributed by atoms with E-state index in [2.05, 4.69) is 29.2 Å². The van der Waals surface area contributed by atoms with Gasteiger partial charge >= 0.3 is 0 Å². The summed E-state index contributed by atoms with van der Waals surface area (Å²) in [6.07, 6.45) is 0. The molecule has 0 unspecified atom stereocenters. The summed E-state index contributed by atoms with van der Waals surface area (Å²) >= 11 is 0. The fourth-order valence-electron chi connectivity index (χ4n) is 4.22. The molecule has 1 aliphatic rings. The number of hydrogen-bond donors (Lipinski definition) is 0. The van der Waals surface area contributed by atoms with Crippen LogP contribution in [-0.2, 0) is 19.9 Å². The highest BCUT2D eigenvalue weighted by molar-refractivity contribution is 7.91. The number of sulfone groups is 1. The van der Waals surface area contributed by atoms with E-state index in [1.807, 2.05) is 36.4 Å². The van der Waals surface area contributed by atoms with E-state index in [9.17, 15) is 16.8 Å². The second kappa shape index (κ2) is 9.77. The van der Waals surface area contributed by atoms with Gasteiger partial charge in [0.05, 0.1) is 21.6 Å². The fraction of sp³-hybridized carbons (Fsp3) is 0.280. The van der Waals surface area contributed by atoms with Crippen molar-refractivity contribution >= 4 is 19.9 Å². The molecular weight excluding hydrogens is 456 g/mol. The van der Waals surface area contributed by atoms with E-state index in [4.69, 9.17) is 0 Å². The summed E-state index contributed by atoms with van der Waals surface area (Å²) in [5, 5.41) is 0. The van der Waals surface area contributed by atoms with Gasteiger partial charge in [-0.05, 0) is 35.4 Å². The molecule has 0 bridgehead atoms. The van der Waals surface area contributed by atoms with Crippen molar-refractivity contribution in [2.75, 3.05) is 31.9 Å². The van der Waals surface area contributed by atoms with Crippen molar-refractivity contribution in [2.45, 2.75) is 22.8 Å². The van der Waals surface area contributed by atoms with Gasteiger partial charge < -0.3 is 0 Å². The minimum absolute atomic E-state index is 0.0228. The molecule has 0 N–H and O–H groups in total. The predicted molar refractivity (Wildman–Crippen MR) is 129 cm³/mol. The molecule has 8 heteroatoms. The lowest BCUT2D eigenvalue weighted by atomic mass is 9.96. The molecule has 174 valence electrons. The van der Waals surface area contributed by atoms with E-state index in [-0.39, 0.29) is 21.6 Å². The van der Waals surface area contributed by atoms with Crippen LogP contribution < -0.4 is 0 Å². The van der Waals surface area contributed by atoms with Crippen LogP contribution >= 0.6 is 0 Å². The Morgan fingerprint density at radius 3 is 1.58 bits per heavy atom. The van der Waals surface area contributed by atoms with Crippen LogP contribution in [0, 0.1) is 0 Å². The van der Waals surface area contributed by atoms with Crippen molar-refractivity contribution < 1.29 is 16.8 Å². The zero-order valence-corrected chi connectivity index (χ0v) is 20.2. The molecular formula is C25H28N2O4S2. The summed E-state index contributed by atoms with van der Waals surface area (Å²) < 4.78 is 51.9. The number of piperazine rings is 1. The van der Waals surface area contributed by atoms with E-state index in [1.165, 1.54) is 39.7 Å². The smallest absolute Gasteiger partial charge is 0.243 e. The molecule has 1 aliphatic heterocycles. The third-order valence-electron chi connectivity index (χ3n) is 6.07. The number of benzene rings is 3. The largest absolute Gasteiger partial charge is 0.290 e. The predicted octanol–water partition coefficient (Wildman–Crippen LogP) is 3.58. The average molecular weight is 485 g/mol. The Morgan fingerprint density at radius 2 is 1.12 bits per heavy atom. The van der Waals surface area contributed by atoms with Crippen molar-refractivity contribution in [3.05, 3.63) is 96.1 Å². The Morgan fingerprint density at radius 1 is 0.667 bits per heavy atom. The molecule has 3 aromatic carbocycles. The Kier molecular flexibility index (Phi) is 6.99. The van der Waals surface area contributed by atoms with Gasteiger partial charge in [0.2, 0.25) is 10.0 Å². The zero-order valence-electron chi connectivity index (χ0n) is 18.5. The SMILES string of the molecule is CCS(=O)(=O)c1ccc(S(=O)(=O)N2CCN(C(c3ccccc3)c3ccccc3)CC2)cc1. The van der Waals surface area contributed by atoms with Gasteiger partial charge in [0.25, 0.3) is 0 Å². The zero-order chi connectivity index (χ0) is 23.5. The summed E-state index contributed by atoms with van der Waals surface area (Å²) in [4.78, 5) is 2.57. The van der Waals surface area contributed by atoms with Crippen LogP contribution in [0.5, 0.6) is 0 Å². The normalized spacial score (nSPS) is 16.2. The lowest BCUT2D eigenvalue weighted by Crippen LogP contribution is -2.49.